The fourth-order valence-electron chi connectivity index (χ4n) is 7.34. The summed E-state index contributed by atoms with van der Waals surface area (Å²) in [5.41, 5.74) is 5.07. The Labute approximate surface area is 264 Å². The van der Waals surface area contributed by atoms with Crippen molar-refractivity contribution in [2.24, 2.45) is 5.41 Å². The van der Waals surface area contributed by atoms with Crippen molar-refractivity contribution in [3.8, 4) is 0 Å². The number of aryl methyl sites for hydroxylation is 2. The van der Waals surface area contributed by atoms with Gasteiger partial charge in [-0.1, -0.05) is 31.5 Å². The molecule has 4 rings (SSSR count). The van der Waals surface area contributed by atoms with Crippen LogP contribution < -0.4 is 0 Å². The van der Waals surface area contributed by atoms with Crippen LogP contribution in [0, 0.1) is 19.3 Å². The Morgan fingerprint density at radius 3 is 2.45 bits per heavy atom. The van der Waals surface area contributed by atoms with E-state index in [1.54, 1.807) is 12.4 Å². The van der Waals surface area contributed by atoms with Crippen molar-refractivity contribution in [1.29, 1.82) is 0 Å². The average Bonchev–Trinajstić information content (AvgIpc) is 3.28. The molecule has 6 nitrogen and oxygen atoms in total. The van der Waals surface area contributed by atoms with Crippen LogP contribution in [0.3, 0.4) is 0 Å². The summed E-state index contributed by atoms with van der Waals surface area (Å²) in [6.07, 6.45) is 2.25. The van der Waals surface area contributed by atoms with Gasteiger partial charge in [0.1, 0.15) is 6.04 Å². The molecule has 1 N–H and O–H groups in total. The van der Waals surface area contributed by atoms with Crippen LogP contribution in [0.1, 0.15) is 104 Å². The van der Waals surface area contributed by atoms with Gasteiger partial charge in [0.05, 0.1) is 6.10 Å². The lowest BCUT2D eigenvalue weighted by Crippen LogP contribution is -2.34. The highest BCUT2D eigenvalue weighted by Crippen LogP contribution is 2.41. The number of nitrogens with zero attached hydrogens (tertiary/aromatic N) is 3. The number of aromatic nitrogens is 1. The lowest BCUT2D eigenvalue weighted by Gasteiger charge is -2.34. The monoisotopic (exact) mass is 637 g/mol. The molecule has 0 unspecified atom stereocenters. The first-order chi connectivity index (χ1) is 20.6. The number of halogens is 4. The van der Waals surface area contributed by atoms with E-state index in [1.807, 2.05) is 37.1 Å². The number of likely N-dealkylation sites (tertiary alicyclic amines) is 1. The highest BCUT2D eigenvalue weighted by molar-refractivity contribution is 6.30. The zero-order chi connectivity index (χ0) is 32.2. The molecule has 0 amide bonds. The normalized spacial score (nSPS) is 22.3. The van der Waals surface area contributed by atoms with Crippen molar-refractivity contribution >= 4 is 17.6 Å². The quantitative estimate of drug-likeness (QED) is 0.253. The third-order valence-electron chi connectivity index (χ3n) is 9.63. The summed E-state index contributed by atoms with van der Waals surface area (Å²) in [4.78, 5) is 21.6. The van der Waals surface area contributed by atoms with E-state index < -0.39 is 24.5 Å². The van der Waals surface area contributed by atoms with Gasteiger partial charge >= 0.3 is 12.3 Å². The van der Waals surface area contributed by atoms with Crippen LogP contribution in [0.5, 0.6) is 0 Å². The van der Waals surface area contributed by atoms with Gasteiger partial charge < -0.3 is 10.0 Å². The predicted molar refractivity (Wildman–Crippen MR) is 167 cm³/mol. The summed E-state index contributed by atoms with van der Waals surface area (Å²) in [6.45, 7) is 12.3. The van der Waals surface area contributed by atoms with Crippen LogP contribution in [0.2, 0.25) is 5.02 Å². The van der Waals surface area contributed by atoms with Gasteiger partial charge in [-0.3, -0.25) is 19.4 Å². The molecular weight excluding hydrogens is 591 g/mol. The molecule has 2 heterocycles. The second kappa shape index (κ2) is 14.5. The summed E-state index contributed by atoms with van der Waals surface area (Å²) < 4.78 is 42.7. The van der Waals surface area contributed by atoms with Crippen molar-refractivity contribution in [3.63, 3.8) is 0 Å². The molecular formula is C34H47ClF3N3O3. The molecule has 0 radical (unpaired) electrons. The van der Waals surface area contributed by atoms with Crippen LogP contribution in [0.4, 0.5) is 13.2 Å². The van der Waals surface area contributed by atoms with E-state index in [0.717, 1.165) is 43.6 Å². The first kappa shape index (κ1) is 34.7. The summed E-state index contributed by atoms with van der Waals surface area (Å²) in [5.74, 6) is -0.818. The molecule has 0 bridgehead atoms. The maximum Gasteiger partial charge on any atom is 0.522 e. The van der Waals surface area contributed by atoms with E-state index in [0.29, 0.717) is 35.4 Å². The largest absolute Gasteiger partial charge is 0.522 e. The minimum absolute atomic E-state index is 0.0529. The first-order valence-electron chi connectivity index (χ1n) is 15.7. The molecule has 1 aromatic heterocycles. The van der Waals surface area contributed by atoms with E-state index in [-0.39, 0.29) is 24.7 Å². The lowest BCUT2D eigenvalue weighted by atomic mass is 9.78. The van der Waals surface area contributed by atoms with Gasteiger partial charge in [-0.15, -0.1) is 13.2 Å². The molecule has 1 aliphatic heterocycles. The summed E-state index contributed by atoms with van der Waals surface area (Å²) in [5, 5.41) is 11.2. The van der Waals surface area contributed by atoms with Crippen molar-refractivity contribution in [2.75, 3.05) is 33.2 Å². The van der Waals surface area contributed by atoms with Gasteiger partial charge in [-0.25, -0.2) is 0 Å². The molecule has 1 aromatic carbocycles. The number of rotatable bonds is 12. The van der Waals surface area contributed by atoms with Crippen molar-refractivity contribution in [2.45, 2.75) is 103 Å². The van der Waals surface area contributed by atoms with Gasteiger partial charge in [-0.2, -0.15) is 0 Å². The summed E-state index contributed by atoms with van der Waals surface area (Å²) >= 11 is 6.44. The van der Waals surface area contributed by atoms with Crippen LogP contribution in [0.25, 0.3) is 0 Å². The molecule has 1 saturated carbocycles. The van der Waals surface area contributed by atoms with E-state index in [1.165, 1.54) is 17.5 Å². The zero-order valence-corrected chi connectivity index (χ0v) is 27.3. The minimum atomic E-state index is -4.65. The number of carboxylic acid groups (broad SMARTS) is 1. The van der Waals surface area contributed by atoms with Crippen LogP contribution in [-0.4, -0.2) is 71.6 Å². The predicted octanol–water partition coefficient (Wildman–Crippen LogP) is 8.27. The minimum Gasteiger partial charge on any atom is -0.480 e. The number of hydrogen-bond acceptors (Lipinski definition) is 5. The Hall–Kier alpha value is -2.20. The third-order valence-corrected chi connectivity index (χ3v) is 9.87. The van der Waals surface area contributed by atoms with Crippen molar-refractivity contribution in [3.05, 3.63) is 63.4 Å². The first-order valence-corrected chi connectivity index (χ1v) is 16.1. The second-order valence-corrected chi connectivity index (χ2v) is 14.1. The molecule has 1 aliphatic carbocycles. The van der Waals surface area contributed by atoms with E-state index in [2.05, 4.69) is 35.4 Å². The molecule has 0 spiro atoms. The molecule has 2 aromatic rings. The molecule has 10 heteroatoms. The summed E-state index contributed by atoms with van der Waals surface area (Å²) in [6, 6.07) is 5.07. The standard InChI is InChI=1S/C34H47ClF3N3O3/c1-22-6-9-26(35)18-28(22)24(13-16-41-17-14-33(3,4)21-41)12-15-40(5)31(32(42)43)29-20-39-19-23(2)30(29)25-7-10-27(11-8-25)44-34(36,37)38/h6,9,18-20,24-25,27,31H,7-8,10-17,21H2,1-5H3,(H,42,43)/t24-,25?,27?,31-/m1/s1. The lowest BCUT2D eigenvalue weighted by molar-refractivity contribution is -0.345. The van der Waals surface area contributed by atoms with Crippen LogP contribution in [0.15, 0.2) is 30.6 Å². The highest BCUT2D eigenvalue weighted by Gasteiger charge is 2.37. The number of carbonyl (C=O) groups is 1. The second-order valence-electron chi connectivity index (χ2n) is 13.7. The molecule has 44 heavy (non-hydrogen) atoms. The Morgan fingerprint density at radius 1 is 1.14 bits per heavy atom. The Bertz CT molecular complexity index is 1280. The average molecular weight is 638 g/mol. The number of likely N-dealkylation sites (N-methyl/N-ethyl adjacent to an activating group) is 1. The number of carboxylic acids is 1. The highest BCUT2D eigenvalue weighted by atomic mass is 35.5. The van der Waals surface area contributed by atoms with E-state index in [9.17, 15) is 23.1 Å². The maximum absolute atomic E-state index is 12.8. The number of ether oxygens (including phenoxy) is 1. The Balaban J connectivity index is 1.52. The van der Waals surface area contributed by atoms with Gasteiger partial charge in [-0.05, 0) is 137 Å². The van der Waals surface area contributed by atoms with Gasteiger partial charge in [0, 0.05) is 29.5 Å². The number of alkyl halides is 3. The van der Waals surface area contributed by atoms with Gasteiger partial charge in [0.25, 0.3) is 0 Å². The maximum atomic E-state index is 12.8. The number of benzene rings is 1. The molecule has 2 fully saturated rings. The Morgan fingerprint density at radius 2 is 1.84 bits per heavy atom. The van der Waals surface area contributed by atoms with E-state index >= 15 is 0 Å². The fourth-order valence-corrected chi connectivity index (χ4v) is 7.52. The van der Waals surface area contributed by atoms with Gasteiger partial charge in [0.15, 0.2) is 0 Å². The topological polar surface area (TPSA) is 65.9 Å². The van der Waals surface area contributed by atoms with Crippen LogP contribution >= 0.6 is 11.6 Å². The molecule has 1 saturated heterocycles. The molecule has 2 aliphatic rings. The van der Waals surface area contributed by atoms with Crippen molar-refractivity contribution < 1.29 is 27.8 Å². The number of hydrogen-bond donors (Lipinski definition) is 1. The number of pyridine rings is 1. The smallest absolute Gasteiger partial charge is 0.480 e. The molecule has 2 atom stereocenters. The fraction of sp³-hybridized carbons (Fsp3) is 0.647. The van der Waals surface area contributed by atoms with E-state index in [4.69, 9.17) is 11.6 Å². The zero-order valence-electron chi connectivity index (χ0n) is 26.6. The number of aliphatic carboxylic acids is 1. The third kappa shape index (κ3) is 9.18. The van der Waals surface area contributed by atoms with Gasteiger partial charge in [0.2, 0.25) is 0 Å². The Kier molecular flexibility index (Phi) is 11.4. The summed E-state index contributed by atoms with van der Waals surface area (Å²) in [7, 11) is 1.84. The SMILES string of the molecule is Cc1ccc(Cl)cc1[C@@H](CCN1CCC(C)(C)C1)CCN(C)[C@@H](C(=O)O)c1cncc(C)c1C1CCC(OC(F)(F)F)CC1. The van der Waals surface area contributed by atoms with Crippen LogP contribution in [-0.2, 0) is 9.53 Å². The molecule has 244 valence electrons. The van der Waals surface area contributed by atoms with Crippen molar-refractivity contribution in [1.82, 2.24) is 14.8 Å².